The van der Waals surface area contributed by atoms with Crippen molar-refractivity contribution in [3.8, 4) is 0 Å². The van der Waals surface area contributed by atoms with Crippen LogP contribution in [0.5, 0.6) is 0 Å². The molecule has 2 N–H and O–H groups in total. The Balaban J connectivity index is 2.03. The molecule has 4 heteroatoms. The van der Waals surface area contributed by atoms with E-state index < -0.39 is 0 Å². The van der Waals surface area contributed by atoms with E-state index in [0.717, 1.165) is 26.0 Å². The minimum Gasteiger partial charge on any atom is -0.378 e. The third-order valence-corrected chi connectivity index (χ3v) is 2.30. The van der Waals surface area contributed by atoms with Crippen LogP contribution in [0, 0.1) is 0 Å². The first kappa shape index (κ1) is 11.5. The molecular weight excluding hydrogens is 180 g/mol. The summed E-state index contributed by atoms with van der Waals surface area (Å²) in [6, 6.07) is 0.286. The topological polar surface area (TPSA) is 50.4 Å². The number of nitrogens with one attached hydrogen (secondary N) is 2. The maximum atomic E-state index is 11.3. The van der Waals surface area contributed by atoms with Gasteiger partial charge in [-0.3, -0.25) is 4.79 Å². The first-order valence-corrected chi connectivity index (χ1v) is 5.40. The lowest BCUT2D eigenvalue weighted by atomic mass is 10.2. The van der Waals surface area contributed by atoms with E-state index in [-0.39, 0.29) is 11.9 Å². The molecular formula is C10H20N2O2. The van der Waals surface area contributed by atoms with Crippen LogP contribution >= 0.6 is 0 Å². The van der Waals surface area contributed by atoms with E-state index in [0.29, 0.717) is 19.6 Å². The third kappa shape index (κ3) is 4.58. The summed E-state index contributed by atoms with van der Waals surface area (Å²) in [6.07, 6.45) is 2.68. The fraction of sp³-hybridized carbons (Fsp3) is 0.900. The molecule has 0 saturated carbocycles. The summed E-state index contributed by atoms with van der Waals surface area (Å²) >= 11 is 0. The van der Waals surface area contributed by atoms with Gasteiger partial charge in [-0.25, -0.2) is 0 Å². The molecule has 0 aliphatic carbocycles. The molecule has 1 atom stereocenters. The molecule has 1 aliphatic rings. The highest BCUT2D eigenvalue weighted by Gasteiger charge is 2.13. The minimum absolute atomic E-state index is 0.152. The van der Waals surface area contributed by atoms with E-state index in [1.54, 1.807) is 0 Å². The van der Waals surface area contributed by atoms with Gasteiger partial charge in [-0.2, -0.15) is 0 Å². The molecule has 0 aromatic carbocycles. The van der Waals surface area contributed by atoms with Gasteiger partial charge < -0.3 is 15.4 Å². The van der Waals surface area contributed by atoms with Crippen molar-refractivity contribution < 1.29 is 9.53 Å². The zero-order chi connectivity index (χ0) is 10.2. The van der Waals surface area contributed by atoms with Crippen LogP contribution in [0.4, 0.5) is 0 Å². The number of unbranched alkanes of at least 4 members (excludes halogenated alkanes) is 1. The summed E-state index contributed by atoms with van der Waals surface area (Å²) < 4.78 is 5.28. The van der Waals surface area contributed by atoms with Gasteiger partial charge in [-0.15, -0.1) is 0 Å². The van der Waals surface area contributed by atoms with Gasteiger partial charge in [0.2, 0.25) is 5.91 Å². The van der Waals surface area contributed by atoms with Gasteiger partial charge in [0.1, 0.15) is 0 Å². The van der Waals surface area contributed by atoms with E-state index in [2.05, 4.69) is 17.6 Å². The molecule has 0 aromatic heterocycles. The number of ether oxygens (including phenoxy) is 1. The van der Waals surface area contributed by atoms with Crippen molar-refractivity contribution in [3.05, 3.63) is 0 Å². The molecule has 0 spiro atoms. The fourth-order valence-corrected chi connectivity index (χ4v) is 1.41. The maximum absolute atomic E-state index is 11.3. The highest BCUT2D eigenvalue weighted by atomic mass is 16.5. The van der Waals surface area contributed by atoms with Crippen LogP contribution in [0.25, 0.3) is 0 Å². The molecule has 1 unspecified atom stereocenters. The minimum atomic E-state index is 0.152. The van der Waals surface area contributed by atoms with Gasteiger partial charge in [0, 0.05) is 25.6 Å². The smallest absolute Gasteiger partial charge is 0.220 e. The highest BCUT2D eigenvalue weighted by Crippen LogP contribution is 1.94. The molecule has 1 amide bonds. The molecule has 14 heavy (non-hydrogen) atoms. The van der Waals surface area contributed by atoms with Crippen LogP contribution in [-0.2, 0) is 9.53 Å². The third-order valence-electron chi connectivity index (χ3n) is 2.30. The van der Waals surface area contributed by atoms with Crippen molar-refractivity contribution in [1.82, 2.24) is 10.6 Å². The van der Waals surface area contributed by atoms with E-state index in [9.17, 15) is 4.79 Å². The predicted molar refractivity (Wildman–Crippen MR) is 55.1 cm³/mol. The first-order valence-electron chi connectivity index (χ1n) is 5.40. The lowest BCUT2D eigenvalue weighted by Crippen LogP contribution is -2.48. The van der Waals surface area contributed by atoms with Crippen LogP contribution in [-0.4, -0.2) is 38.3 Å². The lowest BCUT2D eigenvalue weighted by molar-refractivity contribution is -0.121. The fourth-order valence-electron chi connectivity index (χ4n) is 1.41. The zero-order valence-corrected chi connectivity index (χ0v) is 8.84. The predicted octanol–water partition coefficient (Wildman–Crippen LogP) is 0.281. The second-order valence-corrected chi connectivity index (χ2v) is 3.63. The van der Waals surface area contributed by atoms with Crippen LogP contribution in [0.3, 0.4) is 0 Å². The number of hydrogen-bond donors (Lipinski definition) is 2. The number of hydrogen-bond acceptors (Lipinski definition) is 3. The van der Waals surface area contributed by atoms with Gasteiger partial charge in [-0.1, -0.05) is 13.3 Å². The summed E-state index contributed by atoms with van der Waals surface area (Å²) in [4.78, 5) is 11.3. The van der Waals surface area contributed by atoms with Crippen molar-refractivity contribution in [1.29, 1.82) is 0 Å². The van der Waals surface area contributed by atoms with Crippen molar-refractivity contribution in [2.45, 2.75) is 32.2 Å². The first-order chi connectivity index (χ1) is 6.83. The van der Waals surface area contributed by atoms with Crippen LogP contribution < -0.4 is 10.6 Å². The molecule has 1 heterocycles. The monoisotopic (exact) mass is 200 g/mol. The molecule has 0 aromatic rings. The average Bonchev–Trinajstić information content (AvgIpc) is 2.25. The average molecular weight is 200 g/mol. The molecule has 1 saturated heterocycles. The molecule has 0 radical (unpaired) electrons. The van der Waals surface area contributed by atoms with E-state index >= 15 is 0 Å². The van der Waals surface area contributed by atoms with E-state index in [1.165, 1.54) is 0 Å². The van der Waals surface area contributed by atoms with E-state index in [1.807, 2.05) is 0 Å². The van der Waals surface area contributed by atoms with Crippen molar-refractivity contribution >= 4 is 5.91 Å². The number of carbonyl (C=O) groups excluding carboxylic acids is 1. The molecule has 1 fully saturated rings. The Morgan fingerprint density at radius 1 is 1.64 bits per heavy atom. The normalized spacial score (nSPS) is 21.9. The standard InChI is InChI=1S/C10H20N2O2/c1-2-3-4-10(13)12-7-9-8-14-6-5-11-9/h9,11H,2-8H2,1H3,(H,12,13). The quantitative estimate of drug-likeness (QED) is 0.670. The summed E-state index contributed by atoms with van der Waals surface area (Å²) in [5.74, 6) is 0.152. The Kier molecular flexibility index (Phi) is 5.56. The Morgan fingerprint density at radius 3 is 3.14 bits per heavy atom. The number of rotatable bonds is 5. The second-order valence-electron chi connectivity index (χ2n) is 3.63. The Bertz CT molecular complexity index is 168. The molecule has 1 rings (SSSR count). The van der Waals surface area contributed by atoms with Crippen molar-refractivity contribution in [3.63, 3.8) is 0 Å². The van der Waals surface area contributed by atoms with Gasteiger partial charge in [-0.05, 0) is 6.42 Å². The maximum Gasteiger partial charge on any atom is 0.220 e. The summed E-state index contributed by atoms with van der Waals surface area (Å²) in [6.45, 7) is 5.14. The Hall–Kier alpha value is -0.610. The molecule has 82 valence electrons. The second kappa shape index (κ2) is 6.79. The summed E-state index contributed by atoms with van der Waals surface area (Å²) in [7, 11) is 0. The van der Waals surface area contributed by atoms with Gasteiger partial charge in [0.25, 0.3) is 0 Å². The number of amides is 1. The molecule has 0 bridgehead atoms. The van der Waals surface area contributed by atoms with Gasteiger partial charge >= 0.3 is 0 Å². The van der Waals surface area contributed by atoms with Crippen molar-refractivity contribution in [2.75, 3.05) is 26.3 Å². The summed E-state index contributed by atoms with van der Waals surface area (Å²) in [5.41, 5.74) is 0. The highest BCUT2D eigenvalue weighted by molar-refractivity contribution is 5.75. The van der Waals surface area contributed by atoms with Crippen LogP contribution in [0.15, 0.2) is 0 Å². The van der Waals surface area contributed by atoms with Gasteiger partial charge in [0.15, 0.2) is 0 Å². The van der Waals surface area contributed by atoms with E-state index in [4.69, 9.17) is 4.74 Å². The Morgan fingerprint density at radius 2 is 2.50 bits per heavy atom. The number of carbonyl (C=O) groups is 1. The summed E-state index contributed by atoms with van der Waals surface area (Å²) in [5, 5.41) is 6.20. The molecule has 1 aliphatic heterocycles. The Labute approximate surface area is 85.4 Å². The lowest BCUT2D eigenvalue weighted by Gasteiger charge is -2.23. The van der Waals surface area contributed by atoms with Crippen molar-refractivity contribution in [2.24, 2.45) is 0 Å². The largest absolute Gasteiger partial charge is 0.378 e. The molecule has 4 nitrogen and oxygen atoms in total. The number of morpholine rings is 1. The SMILES string of the molecule is CCCCC(=O)NCC1COCCN1. The zero-order valence-electron chi connectivity index (χ0n) is 8.84. The van der Waals surface area contributed by atoms with Crippen LogP contribution in [0.2, 0.25) is 0 Å². The van der Waals surface area contributed by atoms with Crippen LogP contribution in [0.1, 0.15) is 26.2 Å². The van der Waals surface area contributed by atoms with Gasteiger partial charge in [0.05, 0.1) is 13.2 Å².